The van der Waals surface area contributed by atoms with E-state index in [2.05, 4.69) is 53.6 Å². The van der Waals surface area contributed by atoms with Crippen LogP contribution in [0.4, 0.5) is 0 Å². The maximum Gasteiger partial charge on any atom is 0.240 e. The van der Waals surface area contributed by atoms with E-state index in [1.165, 1.54) is 36.6 Å². The van der Waals surface area contributed by atoms with Crippen LogP contribution >= 0.6 is 23.5 Å². The zero-order chi connectivity index (χ0) is 31.4. The van der Waals surface area contributed by atoms with Gasteiger partial charge in [0.1, 0.15) is 35.9 Å². The summed E-state index contributed by atoms with van der Waals surface area (Å²) in [5.74, 6) is 1.32. The van der Waals surface area contributed by atoms with E-state index in [1.54, 1.807) is 18.0 Å². The number of likely N-dealkylation sites (tertiary alicyclic amines) is 1. The lowest BCUT2D eigenvalue weighted by atomic mass is 9.85. The van der Waals surface area contributed by atoms with Crippen molar-refractivity contribution in [2.75, 3.05) is 32.5 Å². The molecule has 11 heteroatoms. The van der Waals surface area contributed by atoms with Gasteiger partial charge >= 0.3 is 0 Å². The standard InChI is InChI=1S/C33H53N3O6S2/c1-19(2)15-22-11-14-41-30-23(16-22)17-34-26(30)32(40)35-25(31-28(38)27(37)29(39)33(42-31)43-4)20(3)44-24-9-7-21(8-10-24)18-36-12-5-6-13-36/h7-10,19-20,22-23,25-31,33-34,37-39H,5-6,11-18H2,1-4H3,(H,35,40)/t20-,22-,23-,25+,26-,27?,28?,29+,30+,31+,33?/m0/s1. The zero-order valence-electron chi connectivity index (χ0n) is 26.6. The molecule has 4 aliphatic rings. The Labute approximate surface area is 271 Å². The van der Waals surface area contributed by atoms with Crippen LogP contribution in [0.25, 0.3) is 0 Å². The summed E-state index contributed by atoms with van der Waals surface area (Å²) in [4.78, 5) is 17.5. The SMILES string of the molecule is CSC1O[C@H]([C@H](NC(=O)[C@H]2NC[C@@H]3C[C@H](CC(C)C)CCO[C@H]32)[C@H](C)Sc2ccc(CN3CCCC3)cc2)C(O)C(O)[C@H]1O. The van der Waals surface area contributed by atoms with Gasteiger partial charge in [-0.05, 0) is 86.9 Å². The second-order valence-electron chi connectivity index (χ2n) is 13.7. The minimum atomic E-state index is -1.38. The van der Waals surface area contributed by atoms with E-state index in [0.717, 1.165) is 43.9 Å². The molecule has 9 nitrogen and oxygen atoms in total. The lowest BCUT2D eigenvalue weighted by Crippen LogP contribution is -2.65. The number of amides is 1. The Kier molecular flexibility index (Phi) is 12.4. The van der Waals surface area contributed by atoms with E-state index in [-0.39, 0.29) is 23.2 Å². The number of nitrogens with zero attached hydrogens (tertiary/aromatic N) is 1. The number of nitrogens with one attached hydrogen (secondary N) is 2. The molecule has 44 heavy (non-hydrogen) atoms. The van der Waals surface area contributed by atoms with Crippen molar-refractivity contribution in [2.24, 2.45) is 17.8 Å². The Morgan fingerprint density at radius 1 is 1.09 bits per heavy atom. The fraction of sp³-hybridized carbons (Fsp3) is 0.788. The van der Waals surface area contributed by atoms with Gasteiger partial charge in [-0.2, -0.15) is 0 Å². The smallest absolute Gasteiger partial charge is 0.240 e. The highest BCUT2D eigenvalue weighted by Crippen LogP contribution is 2.36. The quantitative estimate of drug-likeness (QED) is 0.228. The van der Waals surface area contributed by atoms with Crippen LogP contribution in [0.3, 0.4) is 0 Å². The van der Waals surface area contributed by atoms with Crippen molar-refractivity contribution in [3.8, 4) is 0 Å². The number of carbonyl (C=O) groups excluding carboxylic acids is 1. The maximum absolute atomic E-state index is 14.0. The molecule has 1 aromatic carbocycles. The zero-order valence-corrected chi connectivity index (χ0v) is 28.3. The van der Waals surface area contributed by atoms with Crippen LogP contribution in [0.1, 0.15) is 58.4 Å². The first-order chi connectivity index (χ1) is 21.1. The number of aliphatic hydroxyl groups is 3. The van der Waals surface area contributed by atoms with Gasteiger partial charge in [0.2, 0.25) is 5.91 Å². The summed E-state index contributed by atoms with van der Waals surface area (Å²) in [6.07, 6.45) is 2.47. The fourth-order valence-corrected chi connectivity index (χ4v) is 9.29. The second-order valence-corrected chi connectivity index (χ2v) is 16.0. The van der Waals surface area contributed by atoms with E-state index >= 15 is 0 Å². The number of carbonyl (C=O) groups is 1. The molecule has 4 heterocycles. The van der Waals surface area contributed by atoms with Gasteiger partial charge in [0, 0.05) is 29.8 Å². The Hall–Kier alpha value is -0.890. The molecule has 4 saturated heterocycles. The summed E-state index contributed by atoms with van der Waals surface area (Å²) in [5.41, 5.74) is 0.553. The first kappa shape index (κ1) is 34.4. The maximum atomic E-state index is 14.0. The van der Waals surface area contributed by atoms with Crippen LogP contribution in [0, 0.1) is 17.8 Å². The monoisotopic (exact) mass is 651 g/mol. The Morgan fingerprint density at radius 2 is 1.82 bits per heavy atom. The molecule has 4 fully saturated rings. The van der Waals surface area contributed by atoms with Gasteiger partial charge in [-0.3, -0.25) is 9.69 Å². The van der Waals surface area contributed by atoms with Crippen molar-refractivity contribution in [1.29, 1.82) is 0 Å². The van der Waals surface area contributed by atoms with Crippen LogP contribution in [0.5, 0.6) is 0 Å². The normalized spacial score (nSPS) is 36.1. The number of benzene rings is 1. The highest BCUT2D eigenvalue weighted by molar-refractivity contribution is 8.00. The van der Waals surface area contributed by atoms with Gasteiger partial charge in [0.05, 0.1) is 12.1 Å². The summed E-state index contributed by atoms with van der Waals surface area (Å²) in [7, 11) is 0. The van der Waals surface area contributed by atoms with Crippen molar-refractivity contribution in [3.05, 3.63) is 29.8 Å². The lowest BCUT2D eigenvalue weighted by molar-refractivity contribution is -0.205. The third kappa shape index (κ3) is 8.33. The van der Waals surface area contributed by atoms with Gasteiger partial charge in [0.25, 0.3) is 0 Å². The minimum Gasteiger partial charge on any atom is -0.388 e. The number of fused-ring (bicyclic) bond motifs is 1. The number of thioether (sulfide) groups is 2. The summed E-state index contributed by atoms with van der Waals surface area (Å²) in [6.45, 7) is 11.2. The van der Waals surface area contributed by atoms with Crippen LogP contribution in [-0.4, -0.2) is 112 Å². The molecule has 4 aliphatic heterocycles. The molecule has 5 N–H and O–H groups in total. The van der Waals surface area contributed by atoms with Gasteiger partial charge in [-0.1, -0.05) is 32.9 Å². The van der Waals surface area contributed by atoms with Crippen LogP contribution < -0.4 is 10.6 Å². The molecule has 11 atom stereocenters. The van der Waals surface area contributed by atoms with Gasteiger partial charge in [0.15, 0.2) is 0 Å². The van der Waals surface area contributed by atoms with Gasteiger partial charge in [-0.15, -0.1) is 23.5 Å². The van der Waals surface area contributed by atoms with Crippen molar-refractivity contribution >= 4 is 29.4 Å². The van der Waals surface area contributed by atoms with Crippen LogP contribution in [-0.2, 0) is 20.8 Å². The molecule has 1 aromatic rings. The topological polar surface area (TPSA) is 124 Å². The van der Waals surface area contributed by atoms with Crippen molar-refractivity contribution in [3.63, 3.8) is 0 Å². The van der Waals surface area contributed by atoms with E-state index in [4.69, 9.17) is 9.47 Å². The number of rotatable bonds is 11. The van der Waals surface area contributed by atoms with E-state index in [0.29, 0.717) is 18.4 Å². The second kappa shape index (κ2) is 15.8. The third-order valence-corrected chi connectivity index (χ3v) is 11.9. The van der Waals surface area contributed by atoms with Crippen molar-refractivity contribution < 1.29 is 29.6 Å². The fourth-order valence-electron chi connectivity index (χ4n) is 7.52. The van der Waals surface area contributed by atoms with Crippen molar-refractivity contribution in [1.82, 2.24) is 15.5 Å². The minimum absolute atomic E-state index is 0.185. The molecule has 248 valence electrons. The molecule has 5 rings (SSSR count). The first-order valence-electron chi connectivity index (χ1n) is 16.5. The lowest BCUT2D eigenvalue weighted by Gasteiger charge is -2.44. The Morgan fingerprint density at radius 3 is 2.50 bits per heavy atom. The number of ether oxygens (including phenoxy) is 2. The summed E-state index contributed by atoms with van der Waals surface area (Å²) < 4.78 is 12.5. The predicted octanol–water partition coefficient (Wildman–Crippen LogP) is 2.85. The van der Waals surface area contributed by atoms with E-state index in [9.17, 15) is 20.1 Å². The third-order valence-electron chi connectivity index (χ3n) is 9.81. The summed E-state index contributed by atoms with van der Waals surface area (Å²) in [6, 6.07) is 7.41. The molecular formula is C33H53N3O6S2. The number of aliphatic hydroxyl groups excluding tert-OH is 3. The molecule has 3 unspecified atom stereocenters. The molecule has 0 saturated carbocycles. The highest BCUT2D eigenvalue weighted by Gasteiger charge is 2.50. The summed E-state index contributed by atoms with van der Waals surface area (Å²) in [5, 5.41) is 38.8. The average Bonchev–Trinajstić information content (AvgIpc) is 3.61. The van der Waals surface area contributed by atoms with Gasteiger partial charge < -0.3 is 35.4 Å². The molecule has 0 radical (unpaired) electrons. The summed E-state index contributed by atoms with van der Waals surface area (Å²) >= 11 is 2.88. The number of hydrogen-bond acceptors (Lipinski definition) is 10. The molecular weight excluding hydrogens is 599 g/mol. The highest BCUT2D eigenvalue weighted by atomic mass is 32.2. The molecule has 0 aliphatic carbocycles. The molecule has 0 aromatic heterocycles. The molecule has 1 amide bonds. The largest absolute Gasteiger partial charge is 0.388 e. The molecule has 0 spiro atoms. The van der Waals surface area contributed by atoms with E-state index < -0.39 is 41.9 Å². The predicted molar refractivity (Wildman–Crippen MR) is 176 cm³/mol. The number of hydrogen-bond donors (Lipinski definition) is 5. The van der Waals surface area contributed by atoms with E-state index in [1.807, 2.05) is 6.92 Å². The first-order valence-corrected chi connectivity index (χ1v) is 18.7. The van der Waals surface area contributed by atoms with Crippen LogP contribution in [0.2, 0.25) is 0 Å². The van der Waals surface area contributed by atoms with Gasteiger partial charge in [-0.25, -0.2) is 0 Å². The van der Waals surface area contributed by atoms with Crippen molar-refractivity contribution in [2.45, 2.75) is 118 Å². The Balaban J connectivity index is 1.30. The Bertz CT molecular complexity index is 1060. The average molecular weight is 652 g/mol. The van der Waals surface area contributed by atoms with Crippen LogP contribution in [0.15, 0.2) is 29.2 Å². The molecule has 0 bridgehead atoms.